The van der Waals surface area contributed by atoms with Gasteiger partial charge >= 0.3 is 11.6 Å². The summed E-state index contributed by atoms with van der Waals surface area (Å²) in [5, 5.41) is 9.29. The molecule has 1 heterocycles. The number of hydrogen-bond acceptors (Lipinski definition) is 5. The zero-order chi connectivity index (χ0) is 16.3. The Balaban J connectivity index is 2.48. The summed E-state index contributed by atoms with van der Waals surface area (Å²) in [6.07, 6.45) is 0.368. The molecule has 0 bridgehead atoms. The number of aldehydes is 1. The van der Waals surface area contributed by atoms with Crippen molar-refractivity contribution in [1.82, 2.24) is 0 Å². The van der Waals surface area contributed by atoms with E-state index < -0.39 is 11.6 Å². The number of aliphatic carboxylic acids is 1. The van der Waals surface area contributed by atoms with Crippen LogP contribution in [0.2, 0.25) is 5.02 Å². The molecule has 0 saturated heterocycles. The summed E-state index contributed by atoms with van der Waals surface area (Å²) in [6, 6.07) is 5.00. The zero-order valence-electron chi connectivity index (χ0n) is 11.8. The molecule has 22 heavy (non-hydrogen) atoms. The van der Waals surface area contributed by atoms with Crippen molar-refractivity contribution in [3.05, 3.63) is 39.2 Å². The monoisotopic (exact) mass is 323 g/mol. The number of carboxylic acid groups (broad SMARTS) is 1. The van der Waals surface area contributed by atoms with Crippen LogP contribution in [-0.2, 0) is 4.79 Å². The molecule has 7 heteroatoms. The van der Waals surface area contributed by atoms with Gasteiger partial charge in [-0.15, -0.1) is 0 Å². The molecule has 0 aliphatic heterocycles. The number of carbonyl (C=O) groups is 2. The maximum Gasteiger partial charge on any atom is 0.348 e. The van der Waals surface area contributed by atoms with Crippen molar-refractivity contribution in [3.63, 3.8) is 0 Å². The Morgan fingerprint density at radius 2 is 2.18 bits per heavy atom. The maximum atomic E-state index is 11.7. The highest BCUT2D eigenvalue weighted by molar-refractivity contribution is 6.37. The number of rotatable bonds is 6. The van der Waals surface area contributed by atoms with Crippen LogP contribution in [0.3, 0.4) is 0 Å². The molecule has 116 valence electrons. The Labute approximate surface area is 130 Å². The zero-order valence-corrected chi connectivity index (χ0v) is 12.6. The van der Waals surface area contributed by atoms with Crippen LogP contribution in [0.4, 0.5) is 5.69 Å². The first kappa shape index (κ1) is 16.0. The molecule has 2 rings (SSSR count). The molecule has 6 nitrogen and oxygen atoms in total. The number of fused-ring (bicyclic) bond motifs is 1. The largest absolute Gasteiger partial charge is 0.481 e. The fraction of sp³-hybridized carbons (Fsp3) is 0.267. The molecule has 0 unspecified atom stereocenters. The van der Waals surface area contributed by atoms with Crippen LogP contribution >= 0.6 is 11.6 Å². The highest BCUT2D eigenvalue weighted by atomic mass is 35.5. The van der Waals surface area contributed by atoms with Crippen molar-refractivity contribution in [2.75, 3.05) is 18.0 Å². The normalized spacial score (nSPS) is 10.6. The number of hydrogen-bond donors (Lipinski definition) is 1. The molecular weight excluding hydrogens is 310 g/mol. The Bertz CT molecular complexity index is 783. The second-order valence-electron chi connectivity index (χ2n) is 4.64. The van der Waals surface area contributed by atoms with E-state index in [-0.39, 0.29) is 22.6 Å². The highest BCUT2D eigenvalue weighted by Gasteiger charge is 2.14. The summed E-state index contributed by atoms with van der Waals surface area (Å²) in [4.78, 5) is 35.1. The lowest BCUT2D eigenvalue weighted by atomic mass is 10.1. The topological polar surface area (TPSA) is 87.8 Å². The van der Waals surface area contributed by atoms with E-state index in [1.165, 1.54) is 0 Å². The van der Waals surface area contributed by atoms with Crippen molar-refractivity contribution in [2.24, 2.45) is 0 Å². The standard InChI is InChI=1S/C15H14ClNO5/c1-2-17(6-5-13(19)20)9-3-4-10-12(7-9)22-15(21)11(8-18)14(10)16/h3-4,7-8H,2,5-6H2,1H3,(H,19,20). The van der Waals surface area contributed by atoms with Crippen molar-refractivity contribution >= 4 is 40.5 Å². The molecule has 0 spiro atoms. The average molecular weight is 324 g/mol. The van der Waals surface area contributed by atoms with Gasteiger partial charge in [0, 0.05) is 30.2 Å². The molecule has 2 aromatic rings. The molecule has 0 saturated carbocycles. The fourth-order valence-corrected chi connectivity index (χ4v) is 2.44. The van der Waals surface area contributed by atoms with Crippen LogP contribution in [0.5, 0.6) is 0 Å². The Kier molecular flexibility index (Phi) is 4.82. The minimum absolute atomic E-state index is 0.000656. The number of benzene rings is 1. The lowest BCUT2D eigenvalue weighted by molar-refractivity contribution is -0.136. The summed E-state index contributed by atoms with van der Waals surface area (Å²) in [7, 11) is 0. The number of carbonyl (C=O) groups excluding carboxylic acids is 1. The number of anilines is 1. The molecule has 0 radical (unpaired) electrons. The summed E-state index contributed by atoms with van der Waals surface area (Å²) < 4.78 is 5.11. The highest BCUT2D eigenvalue weighted by Crippen LogP contribution is 2.28. The van der Waals surface area contributed by atoms with E-state index in [2.05, 4.69) is 0 Å². The predicted octanol–water partition coefficient (Wildman–Crippen LogP) is 2.56. The molecule has 0 aliphatic rings. The SMILES string of the molecule is CCN(CCC(=O)O)c1ccc2c(Cl)c(C=O)c(=O)oc2c1. The first-order valence-electron chi connectivity index (χ1n) is 6.66. The molecule has 0 aliphatic carbocycles. The summed E-state index contributed by atoms with van der Waals surface area (Å²) in [5.41, 5.74) is -0.0282. The molecule has 1 aromatic heterocycles. The lowest BCUT2D eigenvalue weighted by Crippen LogP contribution is -2.25. The number of halogens is 1. The van der Waals surface area contributed by atoms with Crippen molar-refractivity contribution < 1.29 is 19.1 Å². The van der Waals surface area contributed by atoms with Crippen LogP contribution in [0, 0.1) is 0 Å². The third kappa shape index (κ3) is 3.12. The van der Waals surface area contributed by atoms with Gasteiger partial charge in [-0.2, -0.15) is 0 Å². The predicted molar refractivity (Wildman–Crippen MR) is 83.0 cm³/mol. The van der Waals surface area contributed by atoms with Gasteiger partial charge in [-0.05, 0) is 19.1 Å². The van der Waals surface area contributed by atoms with E-state index in [9.17, 15) is 14.4 Å². The quantitative estimate of drug-likeness (QED) is 0.649. The van der Waals surface area contributed by atoms with Gasteiger partial charge in [-0.1, -0.05) is 11.6 Å². The third-order valence-electron chi connectivity index (χ3n) is 3.32. The maximum absolute atomic E-state index is 11.7. The van der Waals surface area contributed by atoms with Gasteiger partial charge in [-0.25, -0.2) is 4.79 Å². The van der Waals surface area contributed by atoms with Crippen LogP contribution in [0.15, 0.2) is 27.4 Å². The Morgan fingerprint density at radius 1 is 1.45 bits per heavy atom. The van der Waals surface area contributed by atoms with Crippen molar-refractivity contribution in [3.8, 4) is 0 Å². The molecule has 0 atom stereocenters. The van der Waals surface area contributed by atoms with E-state index in [4.69, 9.17) is 21.1 Å². The van der Waals surface area contributed by atoms with E-state index in [1.54, 1.807) is 18.2 Å². The Hall–Kier alpha value is -2.34. The van der Waals surface area contributed by atoms with E-state index in [0.717, 1.165) is 0 Å². The second kappa shape index (κ2) is 6.62. The van der Waals surface area contributed by atoms with Gasteiger partial charge in [0.1, 0.15) is 11.1 Å². The minimum atomic E-state index is -0.885. The molecule has 0 amide bonds. The van der Waals surface area contributed by atoms with Gasteiger partial charge in [0.25, 0.3) is 0 Å². The van der Waals surface area contributed by atoms with Gasteiger partial charge in [0.05, 0.1) is 11.4 Å². The van der Waals surface area contributed by atoms with Crippen LogP contribution < -0.4 is 10.5 Å². The van der Waals surface area contributed by atoms with Crippen LogP contribution in [-0.4, -0.2) is 30.5 Å². The van der Waals surface area contributed by atoms with E-state index >= 15 is 0 Å². The van der Waals surface area contributed by atoms with Crippen molar-refractivity contribution in [1.29, 1.82) is 0 Å². The van der Waals surface area contributed by atoms with Crippen LogP contribution in [0.25, 0.3) is 11.0 Å². The summed E-state index contributed by atoms with van der Waals surface area (Å²) >= 11 is 6.03. The summed E-state index contributed by atoms with van der Waals surface area (Å²) in [6.45, 7) is 2.83. The van der Waals surface area contributed by atoms with Gasteiger partial charge in [0.15, 0.2) is 6.29 Å². The molecular formula is C15H14ClNO5. The van der Waals surface area contributed by atoms with Gasteiger partial charge in [-0.3, -0.25) is 9.59 Å². The van der Waals surface area contributed by atoms with Gasteiger partial charge < -0.3 is 14.4 Å². The third-order valence-corrected chi connectivity index (χ3v) is 3.73. The fourth-order valence-electron chi connectivity index (χ4n) is 2.16. The minimum Gasteiger partial charge on any atom is -0.481 e. The van der Waals surface area contributed by atoms with Crippen LogP contribution in [0.1, 0.15) is 23.7 Å². The van der Waals surface area contributed by atoms with E-state index in [1.807, 2.05) is 11.8 Å². The molecule has 0 fully saturated rings. The first-order chi connectivity index (χ1) is 10.5. The number of carboxylic acids is 1. The molecule has 1 aromatic carbocycles. The average Bonchev–Trinajstić information content (AvgIpc) is 2.47. The summed E-state index contributed by atoms with van der Waals surface area (Å²) in [5.74, 6) is -0.885. The smallest absolute Gasteiger partial charge is 0.348 e. The first-order valence-corrected chi connectivity index (χ1v) is 7.04. The molecule has 1 N–H and O–H groups in total. The van der Waals surface area contributed by atoms with E-state index in [0.29, 0.717) is 30.4 Å². The lowest BCUT2D eigenvalue weighted by Gasteiger charge is -2.22. The van der Waals surface area contributed by atoms with Crippen molar-refractivity contribution in [2.45, 2.75) is 13.3 Å². The van der Waals surface area contributed by atoms with Gasteiger partial charge in [0.2, 0.25) is 0 Å². The number of nitrogens with zero attached hydrogens (tertiary/aromatic N) is 1. The second-order valence-corrected chi connectivity index (χ2v) is 5.02. The Morgan fingerprint density at radius 3 is 2.77 bits per heavy atom.